The lowest BCUT2D eigenvalue weighted by Gasteiger charge is -2.15. The highest BCUT2D eigenvalue weighted by atomic mass is 35.5. The predicted octanol–water partition coefficient (Wildman–Crippen LogP) is 4.31. The molecule has 0 aliphatic heterocycles. The molecule has 26 heavy (non-hydrogen) atoms. The number of aromatic nitrogens is 1. The van der Waals surface area contributed by atoms with Gasteiger partial charge in [-0.1, -0.05) is 42.0 Å². The van der Waals surface area contributed by atoms with Gasteiger partial charge in [-0.3, -0.25) is 9.52 Å². The fourth-order valence-corrected chi connectivity index (χ4v) is 4.68. The second-order valence-corrected chi connectivity index (χ2v) is 8.38. The van der Waals surface area contributed by atoms with E-state index in [1.807, 2.05) is 6.92 Å². The molecule has 0 aliphatic carbocycles. The van der Waals surface area contributed by atoms with Gasteiger partial charge in [0.15, 0.2) is 5.13 Å². The van der Waals surface area contributed by atoms with Crippen LogP contribution in [0.4, 0.5) is 9.52 Å². The minimum absolute atomic E-state index is 0.0226. The van der Waals surface area contributed by atoms with E-state index in [2.05, 4.69) is 16.3 Å². The number of benzene rings is 1. The molecule has 0 amide bonds. The van der Waals surface area contributed by atoms with Gasteiger partial charge >= 0.3 is 5.97 Å². The van der Waals surface area contributed by atoms with Crippen molar-refractivity contribution in [3.63, 3.8) is 0 Å². The summed E-state index contributed by atoms with van der Waals surface area (Å²) >= 11 is 6.82. The fourth-order valence-electron chi connectivity index (χ4n) is 2.06. The number of hydrogen-bond acceptors (Lipinski definition) is 6. The Hall–Kier alpha value is -1.97. The van der Waals surface area contributed by atoms with Gasteiger partial charge in [0.2, 0.25) is 15.1 Å². The summed E-state index contributed by atoms with van der Waals surface area (Å²) in [6, 6.07) is 3.42. The van der Waals surface area contributed by atoms with Crippen LogP contribution in [0.15, 0.2) is 37.1 Å². The number of carbonyl (C=O) groups is 1. The van der Waals surface area contributed by atoms with E-state index in [9.17, 15) is 17.6 Å². The van der Waals surface area contributed by atoms with Crippen molar-refractivity contribution in [1.29, 1.82) is 0 Å². The molecule has 0 spiro atoms. The first kappa shape index (κ1) is 20.3. The molecular weight excluding hydrogens is 403 g/mol. The smallest absolute Gasteiger partial charge is 0.312 e. The number of thiazole rings is 1. The van der Waals surface area contributed by atoms with E-state index in [0.29, 0.717) is 6.42 Å². The molecule has 10 heteroatoms. The van der Waals surface area contributed by atoms with Crippen molar-refractivity contribution in [1.82, 2.24) is 4.98 Å². The van der Waals surface area contributed by atoms with Gasteiger partial charge in [-0.15, -0.1) is 6.58 Å². The maximum atomic E-state index is 13.2. The number of carbonyl (C=O) groups excluding carboxylic acids is 1. The lowest BCUT2D eigenvalue weighted by Crippen LogP contribution is -2.20. The quantitative estimate of drug-likeness (QED) is 0.510. The van der Waals surface area contributed by atoms with Crippen molar-refractivity contribution in [2.45, 2.75) is 25.0 Å². The lowest BCUT2D eigenvalue weighted by molar-refractivity contribution is -0.134. The van der Waals surface area contributed by atoms with E-state index in [4.69, 9.17) is 16.3 Å². The topological polar surface area (TPSA) is 85.4 Å². The van der Waals surface area contributed by atoms with Crippen molar-refractivity contribution in [2.24, 2.45) is 0 Å². The van der Waals surface area contributed by atoms with Gasteiger partial charge in [0.05, 0.1) is 6.20 Å². The van der Waals surface area contributed by atoms with Crippen LogP contribution in [0.1, 0.15) is 30.6 Å². The molecule has 6 nitrogen and oxygen atoms in total. The third kappa shape index (κ3) is 5.03. The lowest BCUT2D eigenvalue weighted by atomic mass is 10.1. The standard InChI is InChI=1S/C16H16ClFN2O4S2/c1-3-5-14(21)24-15-9-19-16(25-15)20-26(22,23)13(4-2)11-7-6-10(18)8-12(11)17/h4,6-9,13H,2-3,5H2,1H3,(H,19,20). The summed E-state index contributed by atoms with van der Waals surface area (Å²) in [6.07, 6.45) is 3.32. The third-order valence-corrected chi connectivity index (χ3v) is 6.04. The molecule has 1 N–H and O–H groups in total. The highest BCUT2D eigenvalue weighted by Crippen LogP contribution is 2.33. The van der Waals surface area contributed by atoms with Gasteiger partial charge in [-0.2, -0.15) is 0 Å². The molecule has 140 valence electrons. The Morgan fingerprint density at radius 1 is 1.54 bits per heavy atom. The molecule has 0 fully saturated rings. The fraction of sp³-hybridized carbons (Fsp3) is 0.250. The minimum Gasteiger partial charge on any atom is -0.414 e. The average molecular weight is 419 g/mol. The van der Waals surface area contributed by atoms with E-state index < -0.39 is 27.1 Å². The maximum absolute atomic E-state index is 13.2. The number of hydrogen-bond donors (Lipinski definition) is 1. The van der Waals surface area contributed by atoms with Gasteiger partial charge in [-0.05, 0) is 24.1 Å². The number of halogens is 2. The Morgan fingerprint density at radius 3 is 2.88 bits per heavy atom. The number of ether oxygens (including phenoxy) is 1. The van der Waals surface area contributed by atoms with E-state index in [1.54, 1.807) is 0 Å². The summed E-state index contributed by atoms with van der Waals surface area (Å²) in [5.41, 5.74) is 0.182. The molecule has 1 aromatic heterocycles. The Kier molecular flexibility index (Phi) is 6.74. The highest BCUT2D eigenvalue weighted by Gasteiger charge is 2.27. The van der Waals surface area contributed by atoms with Crippen LogP contribution in [-0.2, 0) is 14.8 Å². The number of rotatable bonds is 8. The van der Waals surface area contributed by atoms with Crippen LogP contribution in [0.5, 0.6) is 5.06 Å². The first-order valence-electron chi connectivity index (χ1n) is 7.52. The first-order valence-corrected chi connectivity index (χ1v) is 10.3. The van der Waals surface area contributed by atoms with Crippen molar-refractivity contribution in [3.8, 4) is 5.06 Å². The normalized spacial score (nSPS) is 12.4. The molecule has 0 bridgehead atoms. The van der Waals surface area contributed by atoms with Crippen LogP contribution in [-0.4, -0.2) is 19.4 Å². The van der Waals surface area contributed by atoms with Crippen LogP contribution in [0.2, 0.25) is 5.02 Å². The summed E-state index contributed by atoms with van der Waals surface area (Å²) in [5, 5.41) is -1.05. The van der Waals surface area contributed by atoms with Gasteiger partial charge in [-0.25, -0.2) is 17.8 Å². The molecular formula is C16H16ClFN2O4S2. The van der Waals surface area contributed by atoms with Crippen LogP contribution in [0.3, 0.4) is 0 Å². The molecule has 0 aliphatic rings. The summed E-state index contributed by atoms with van der Waals surface area (Å²) in [6.45, 7) is 5.35. The maximum Gasteiger partial charge on any atom is 0.312 e. The van der Waals surface area contributed by atoms with Gasteiger partial charge in [0.25, 0.3) is 0 Å². The SMILES string of the molecule is C=CC(c1ccc(F)cc1Cl)S(=O)(=O)Nc1ncc(OC(=O)CCC)s1. The minimum atomic E-state index is -4.01. The van der Waals surface area contributed by atoms with Gasteiger partial charge in [0, 0.05) is 11.4 Å². The largest absolute Gasteiger partial charge is 0.414 e. The summed E-state index contributed by atoms with van der Waals surface area (Å²) in [4.78, 5) is 15.4. The zero-order valence-electron chi connectivity index (χ0n) is 13.7. The molecule has 0 saturated heterocycles. The van der Waals surface area contributed by atoms with Gasteiger partial charge in [0.1, 0.15) is 11.1 Å². The van der Waals surface area contributed by atoms with E-state index in [1.165, 1.54) is 18.3 Å². The van der Waals surface area contributed by atoms with Crippen molar-refractivity contribution >= 4 is 44.1 Å². The summed E-state index contributed by atoms with van der Waals surface area (Å²) < 4.78 is 45.8. The molecule has 2 rings (SSSR count). The summed E-state index contributed by atoms with van der Waals surface area (Å²) in [5.74, 6) is -1.00. The average Bonchev–Trinajstić information content (AvgIpc) is 2.96. The molecule has 0 radical (unpaired) electrons. The van der Waals surface area contributed by atoms with E-state index in [0.717, 1.165) is 23.5 Å². The Morgan fingerprint density at radius 2 is 2.27 bits per heavy atom. The number of nitrogens with zero attached hydrogens (tertiary/aromatic N) is 1. The molecule has 2 aromatic rings. The van der Waals surface area contributed by atoms with E-state index >= 15 is 0 Å². The Labute approximate surface area is 159 Å². The number of anilines is 1. The molecule has 1 heterocycles. The number of nitrogens with one attached hydrogen (secondary N) is 1. The van der Waals surface area contributed by atoms with Crippen LogP contribution in [0.25, 0.3) is 0 Å². The van der Waals surface area contributed by atoms with E-state index in [-0.39, 0.29) is 27.2 Å². The van der Waals surface area contributed by atoms with Crippen LogP contribution >= 0.6 is 22.9 Å². The van der Waals surface area contributed by atoms with Gasteiger partial charge < -0.3 is 4.74 Å². The summed E-state index contributed by atoms with van der Waals surface area (Å²) in [7, 11) is -4.01. The number of sulfonamides is 1. The monoisotopic (exact) mass is 418 g/mol. The van der Waals surface area contributed by atoms with Crippen LogP contribution < -0.4 is 9.46 Å². The zero-order valence-corrected chi connectivity index (χ0v) is 16.1. The van der Waals surface area contributed by atoms with Crippen molar-refractivity contribution < 1.29 is 22.3 Å². The van der Waals surface area contributed by atoms with Crippen molar-refractivity contribution in [3.05, 3.63) is 53.5 Å². The molecule has 1 atom stereocenters. The zero-order chi connectivity index (χ0) is 19.3. The third-order valence-electron chi connectivity index (χ3n) is 3.20. The first-order chi connectivity index (χ1) is 12.3. The van der Waals surface area contributed by atoms with Crippen LogP contribution in [0, 0.1) is 5.82 Å². The Bertz CT molecular complexity index is 915. The predicted molar refractivity (Wildman–Crippen MR) is 99.5 cm³/mol. The molecule has 1 unspecified atom stereocenters. The Balaban J connectivity index is 2.20. The molecule has 1 aromatic carbocycles. The molecule has 0 saturated carbocycles. The second kappa shape index (κ2) is 8.61. The van der Waals surface area contributed by atoms with Crippen molar-refractivity contribution in [2.75, 3.05) is 4.72 Å². The second-order valence-electron chi connectivity index (χ2n) is 5.18. The highest BCUT2D eigenvalue weighted by molar-refractivity contribution is 7.93. The number of esters is 1.